The third-order valence-corrected chi connectivity index (χ3v) is 4.34. The molecule has 0 spiro atoms. The number of fused-ring (bicyclic) bond motifs is 1. The molecular weight excluding hydrogens is 323 g/mol. The van der Waals surface area contributed by atoms with E-state index in [1.165, 1.54) is 12.1 Å². The third kappa shape index (κ3) is 4.01. The second-order valence-electron chi connectivity index (χ2n) is 6.22. The Morgan fingerprint density at radius 1 is 0.920 bits per heavy atom. The van der Waals surface area contributed by atoms with Crippen LogP contribution in [0.15, 0.2) is 54.6 Å². The molecule has 0 N–H and O–H groups in total. The molecule has 0 saturated carbocycles. The molecule has 25 heavy (non-hydrogen) atoms. The Labute approximate surface area is 145 Å². The number of halogens is 3. The number of para-hydroxylation sites is 1. The lowest BCUT2D eigenvalue weighted by atomic mass is 9.98. The first-order chi connectivity index (χ1) is 12.0. The molecule has 0 radical (unpaired) electrons. The monoisotopic (exact) mass is 343 g/mol. The van der Waals surface area contributed by atoms with Crippen LogP contribution in [0.25, 0.3) is 22.2 Å². The van der Waals surface area contributed by atoms with Gasteiger partial charge in [0.05, 0.1) is 16.8 Å². The van der Waals surface area contributed by atoms with Gasteiger partial charge in [-0.25, -0.2) is 4.98 Å². The fourth-order valence-electron chi connectivity index (χ4n) is 2.98. The van der Waals surface area contributed by atoms with E-state index in [2.05, 4.69) is 13.0 Å². The summed E-state index contributed by atoms with van der Waals surface area (Å²) >= 11 is 0. The number of aromatic nitrogens is 1. The minimum absolute atomic E-state index is 0.635. The summed E-state index contributed by atoms with van der Waals surface area (Å²) in [6.07, 6.45) is -0.151. The molecule has 0 atom stereocenters. The van der Waals surface area contributed by atoms with Gasteiger partial charge >= 0.3 is 6.18 Å². The summed E-state index contributed by atoms with van der Waals surface area (Å²) in [5.74, 6) is 0. The van der Waals surface area contributed by atoms with Gasteiger partial charge < -0.3 is 0 Å². The normalized spacial score (nSPS) is 11.8. The van der Waals surface area contributed by atoms with Crippen LogP contribution < -0.4 is 0 Å². The average Bonchev–Trinajstić information content (AvgIpc) is 2.61. The Bertz CT molecular complexity index is 851. The lowest BCUT2D eigenvalue weighted by molar-refractivity contribution is -0.137. The molecule has 4 heteroatoms. The number of rotatable bonds is 5. The summed E-state index contributed by atoms with van der Waals surface area (Å²) in [6, 6.07) is 15.2. The molecule has 0 saturated heterocycles. The lowest BCUT2D eigenvalue weighted by Gasteiger charge is -2.12. The Kier molecular flexibility index (Phi) is 5.07. The van der Waals surface area contributed by atoms with E-state index in [9.17, 15) is 13.2 Å². The average molecular weight is 343 g/mol. The number of benzene rings is 2. The van der Waals surface area contributed by atoms with Crippen molar-refractivity contribution >= 4 is 10.9 Å². The van der Waals surface area contributed by atoms with Crippen molar-refractivity contribution < 1.29 is 13.2 Å². The van der Waals surface area contributed by atoms with Crippen LogP contribution in [0, 0.1) is 0 Å². The first kappa shape index (κ1) is 17.5. The standard InChI is InChI=1S/C21H20F3N/c1-2-3-4-8-17-14-16-7-5-6-9-19(16)25-20(17)15-10-12-18(13-11-15)21(22,23)24/h5-7,9-14H,2-4,8H2,1H3. The predicted octanol–water partition coefficient (Wildman–Crippen LogP) is 6.65. The van der Waals surface area contributed by atoms with Gasteiger partial charge in [0.2, 0.25) is 0 Å². The van der Waals surface area contributed by atoms with E-state index in [0.29, 0.717) is 0 Å². The van der Waals surface area contributed by atoms with E-state index in [0.717, 1.165) is 65.5 Å². The van der Waals surface area contributed by atoms with Gasteiger partial charge in [-0.05, 0) is 42.7 Å². The fourth-order valence-corrected chi connectivity index (χ4v) is 2.98. The molecule has 1 heterocycles. The summed E-state index contributed by atoms with van der Waals surface area (Å²) in [6.45, 7) is 2.15. The Hall–Kier alpha value is -2.36. The predicted molar refractivity (Wildman–Crippen MR) is 95.4 cm³/mol. The summed E-state index contributed by atoms with van der Waals surface area (Å²) in [4.78, 5) is 4.73. The van der Waals surface area contributed by atoms with Gasteiger partial charge in [-0.2, -0.15) is 13.2 Å². The van der Waals surface area contributed by atoms with E-state index in [1.54, 1.807) is 0 Å². The van der Waals surface area contributed by atoms with Crippen LogP contribution in [-0.4, -0.2) is 4.98 Å². The van der Waals surface area contributed by atoms with Crippen LogP contribution in [0.5, 0.6) is 0 Å². The zero-order chi connectivity index (χ0) is 17.9. The third-order valence-electron chi connectivity index (χ3n) is 4.34. The largest absolute Gasteiger partial charge is 0.416 e. The number of hydrogen-bond acceptors (Lipinski definition) is 1. The Morgan fingerprint density at radius 3 is 2.32 bits per heavy atom. The number of nitrogens with zero attached hydrogens (tertiary/aromatic N) is 1. The minimum atomic E-state index is -4.32. The minimum Gasteiger partial charge on any atom is -0.248 e. The van der Waals surface area contributed by atoms with Crippen LogP contribution >= 0.6 is 0 Å². The van der Waals surface area contributed by atoms with Crippen LogP contribution in [0.4, 0.5) is 13.2 Å². The van der Waals surface area contributed by atoms with Crippen molar-refractivity contribution in [3.8, 4) is 11.3 Å². The van der Waals surface area contributed by atoms with Gasteiger partial charge in [0.25, 0.3) is 0 Å². The van der Waals surface area contributed by atoms with Gasteiger partial charge in [-0.3, -0.25) is 0 Å². The van der Waals surface area contributed by atoms with E-state index >= 15 is 0 Å². The second kappa shape index (κ2) is 7.26. The quantitative estimate of drug-likeness (QED) is 0.472. The fraction of sp³-hybridized carbons (Fsp3) is 0.286. The smallest absolute Gasteiger partial charge is 0.248 e. The van der Waals surface area contributed by atoms with Crippen molar-refractivity contribution in [2.24, 2.45) is 0 Å². The van der Waals surface area contributed by atoms with Crippen LogP contribution in [0.2, 0.25) is 0 Å². The summed E-state index contributed by atoms with van der Waals surface area (Å²) in [5.41, 5.74) is 2.82. The number of pyridine rings is 1. The molecule has 0 aliphatic carbocycles. The molecule has 1 aromatic heterocycles. The second-order valence-corrected chi connectivity index (χ2v) is 6.22. The zero-order valence-electron chi connectivity index (χ0n) is 14.1. The molecule has 130 valence electrons. The van der Waals surface area contributed by atoms with E-state index in [4.69, 9.17) is 4.98 Å². The van der Waals surface area contributed by atoms with Gasteiger partial charge in [0.15, 0.2) is 0 Å². The van der Waals surface area contributed by atoms with Crippen molar-refractivity contribution in [3.05, 3.63) is 65.7 Å². The molecule has 0 aliphatic rings. The highest BCUT2D eigenvalue weighted by molar-refractivity contribution is 5.83. The topological polar surface area (TPSA) is 12.9 Å². The molecule has 0 unspecified atom stereocenters. The van der Waals surface area contributed by atoms with Crippen molar-refractivity contribution in [3.63, 3.8) is 0 Å². The van der Waals surface area contributed by atoms with Crippen molar-refractivity contribution in [2.75, 3.05) is 0 Å². The highest BCUT2D eigenvalue weighted by Gasteiger charge is 2.30. The number of aryl methyl sites for hydroxylation is 1. The molecule has 0 aliphatic heterocycles. The highest BCUT2D eigenvalue weighted by Crippen LogP contribution is 2.32. The highest BCUT2D eigenvalue weighted by atomic mass is 19.4. The van der Waals surface area contributed by atoms with Crippen LogP contribution in [0.1, 0.15) is 37.3 Å². The summed E-state index contributed by atoms with van der Waals surface area (Å²) in [5, 5.41) is 1.06. The maximum atomic E-state index is 12.8. The maximum Gasteiger partial charge on any atom is 0.416 e. The SMILES string of the molecule is CCCCCc1cc2ccccc2nc1-c1ccc(C(F)(F)F)cc1. The lowest BCUT2D eigenvalue weighted by Crippen LogP contribution is -2.04. The molecule has 3 rings (SSSR count). The number of hydrogen-bond donors (Lipinski definition) is 0. The first-order valence-corrected chi connectivity index (χ1v) is 8.55. The Morgan fingerprint density at radius 2 is 1.64 bits per heavy atom. The van der Waals surface area contributed by atoms with Crippen LogP contribution in [-0.2, 0) is 12.6 Å². The first-order valence-electron chi connectivity index (χ1n) is 8.55. The molecule has 2 aromatic carbocycles. The molecule has 0 bridgehead atoms. The van der Waals surface area contributed by atoms with E-state index in [1.807, 2.05) is 24.3 Å². The van der Waals surface area contributed by atoms with E-state index in [-0.39, 0.29) is 0 Å². The summed E-state index contributed by atoms with van der Waals surface area (Å²) < 4.78 is 38.4. The molecule has 0 amide bonds. The number of alkyl halides is 3. The summed E-state index contributed by atoms with van der Waals surface area (Å²) in [7, 11) is 0. The van der Waals surface area contributed by atoms with Crippen molar-refractivity contribution in [1.82, 2.24) is 4.98 Å². The zero-order valence-corrected chi connectivity index (χ0v) is 14.1. The van der Waals surface area contributed by atoms with Crippen molar-refractivity contribution in [1.29, 1.82) is 0 Å². The van der Waals surface area contributed by atoms with Gasteiger partial charge in [0.1, 0.15) is 0 Å². The molecular formula is C21H20F3N. The molecule has 1 nitrogen and oxygen atoms in total. The molecule has 3 aromatic rings. The Balaban J connectivity index is 2.04. The van der Waals surface area contributed by atoms with E-state index < -0.39 is 11.7 Å². The molecule has 0 fully saturated rings. The van der Waals surface area contributed by atoms with Gasteiger partial charge in [0, 0.05) is 10.9 Å². The van der Waals surface area contributed by atoms with Gasteiger partial charge in [-0.15, -0.1) is 0 Å². The maximum absolute atomic E-state index is 12.8. The van der Waals surface area contributed by atoms with Gasteiger partial charge in [-0.1, -0.05) is 50.1 Å². The number of unbranched alkanes of at least 4 members (excludes halogenated alkanes) is 2. The van der Waals surface area contributed by atoms with Crippen LogP contribution in [0.3, 0.4) is 0 Å². The van der Waals surface area contributed by atoms with Crippen molar-refractivity contribution in [2.45, 2.75) is 38.8 Å².